The van der Waals surface area contributed by atoms with Crippen molar-refractivity contribution in [2.24, 2.45) is 0 Å². The van der Waals surface area contributed by atoms with E-state index in [2.05, 4.69) is 42.6 Å². The molecule has 0 fully saturated rings. The van der Waals surface area contributed by atoms with Gasteiger partial charge in [0, 0.05) is 27.3 Å². The van der Waals surface area contributed by atoms with Gasteiger partial charge in [-0.3, -0.25) is 0 Å². The molecule has 0 aliphatic rings. The third kappa shape index (κ3) is 3.65. The molecule has 0 saturated carbocycles. The molecule has 0 bridgehead atoms. The number of rotatable bonds is 4. The average Bonchev–Trinajstić information content (AvgIpc) is 2.95. The number of anilines is 1. The summed E-state index contributed by atoms with van der Waals surface area (Å²) in [5, 5.41) is 3.22. The molecular formula is C17H16N2S2. The Labute approximate surface area is 133 Å². The quantitative estimate of drug-likeness (QED) is 0.544. The molecule has 1 aromatic heterocycles. The van der Waals surface area contributed by atoms with E-state index in [0.717, 1.165) is 22.1 Å². The summed E-state index contributed by atoms with van der Waals surface area (Å²) in [6.07, 6.45) is 0. The van der Waals surface area contributed by atoms with Crippen molar-refractivity contribution in [1.82, 2.24) is 4.98 Å². The van der Waals surface area contributed by atoms with E-state index in [-0.39, 0.29) is 0 Å². The number of hydrogen-bond acceptors (Lipinski definition) is 4. The summed E-state index contributed by atoms with van der Waals surface area (Å²) in [5.74, 6) is 0.867. The lowest BCUT2D eigenvalue weighted by atomic mass is 10.2. The van der Waals surface area contributed by atoms with Crippen LogP contribution in [-0.4, -0.2) is 4.98 Å². The minimum atomic E-state index is 0.804. The Kier molecular flexibility index (Phi) is 4.27. The summed E-state index contributed by atoms with van der Waals surface area (Å²) in [4.78, 5) is 5.89. The predicted molar refractivity (Wildman–Crippen MR) is 92.7 cm³/mol. The van der Waals surface area contributed by atoms with Gasteiger partial charge in [-0.1, -0.05) is 35.9 Å². The molecule has 3 aromatic rings. The lowest BCUT2D eigenvalue weighted by Crippen LogP contribution is -1.85. The van der Waals surface area contributed by atoms with E-state index in [9.17, 15) is 0 Å². The number of hydrogen-bond donors (Lipinski definition) is 1. The maximum absolute atomic E-state index is 5.79. The second-order valence-electron chi connectivity index (χ2n) is 4.87. The second kappa shape index (κ2) is 6.33. The van der Waals surface area contributed by atoms with Gasteiger partial charge in [-0.15, -0.1) is 23.1 Å². The van der Waals surface area contributed by atoms with Gasteiger partial charge in [0.25, 0.3) is 0 Å². The van der Waals surface area contributed by atoms with Gasteiger partial charge >= 0.3 is 0 Å². The van der Waals surface area contributed by atoms with Crippen molar-refractivity contribution in [2.75, 3.05) is 5.73 Å². The van der Waals surface area contributed by atoms with Crippen molar-refractivity contribution < 1.29 is 0 Å². The molecular weight excluding hydrogens is 296 g/mol. The molecule has 0 atom stereocenters. The van der Waals surface area contributed by atoms with Crippen LogP contribution in [0.5, 0.6) is 0 Å². The van der Waals surface area contributed by atoms with Gasteiger partial charge in [0.15, 0.2) is 0 Å². The largest absolute Gasteiger partial charge is 0.399 e. The van der Waals surface area contributed by atoms with Crippen molar-refractivity contribution in [1.29, 1.82) is 0 Å². The van der Waals surface area contributed by atoms with E-state index in [1.807, 2.05) is 18.2 Å². The highest BCUT2D eigenvalue weighted by molar-refractivity contribution is 7.98. The zero-order valence-electron chi connectivity index (χ0n) is 11.7. The zero-order valence-corrected chi connectivity index (χ0v) is 13.4. The summed E-state index contributed by atoms with van der Waals surface area (Å²) in [6.45, 7) is 2.10. The number of thioether (sulfide) groups is 1. The number of nitrogens with zero attached hydrogens (tertiary/aromatic N) is 1. The Morgan fingerprint density at radius 1 is 1.14 bits per heavy atom. The summed E-state index contributed by atoms with van der Waals surface area (Å²) in [7, 11) is 0. The Bertz CT molecular complexity index is 733. The van der Waals surface area contributed by atoms with Crippen LogP contribution in [0.15, 0.2) is 58.8 Å². The van der Waals surface area contributed by atoms with E-state index >= 15 is 0 Å². The minimum absolute atomic E-state index is 0.804. The molecule has 106 valence electrons. The molecule has 0 aliphatic heterocycles. The Morgan fingerprint density at radius 3 is 2.71 bits per heavy atom. The number of nitrogens with two attached hydrogens (primary N) is 1. The maximum atomic E-state index is 5.79. The van der Waals surface area contributed by atoms with Crippen LogP contribution in [-0.2, 0) is 5.75 Å². The van der Waals surface area contributed by atoms with E-state index in [1.165, 1.54) is 16.0 Å². The molecule has 0 amide bonds. The topological polar surface area (TPSA) is 38.9 Å². The highest BCUT2D eigenvalue weighted by Crippen LogP contribution is 2.28. The van der Waals surface area contributed by atoms with Crippen LogP contribution < -0.4 is 5.73 Å². The van der Waals surface area contributed by atoms with Crippen LogP contribution in [0.2, 0.25) is 0 Å². The molecule has 2 aromatic carbocycles. The highest BCUT2D eigenvalue weighted by Gasteiger charge is 2.05. The first kappa shape index (κ1) is 14.2. The fourth-order valence-corrected chi connectivity index (χ4v) is 3.75. The molecule has 1 heterocycles. The normalized spacial score (nSPS) is 10.7. The predicted octanol–water partition coefficient (Wildman–Crippen LogP) is 4.99. The molecule has 0 radical (unpaired) electrons. The minimum Gasteiger partial charge on any atom is -0.399 e. The monoisotopic (exact) mass is 312 g/mol. The van der Waals surface area contributed by atoms with Crippen LogP contribution in [0.3, 0.4) is 0 Å². The lowest BCUT2D eigenvalue weighted by molar-refractivity contribution is 1.23. The van der Waals surface area contributed by atoms with Crippen LogP contribution >= 0.6 is 23.1 Å². The lowest BCUT2D eigenvalue weighted by Gasteiger charge is -2.00. The van der Waals surface area contributed by atoms with Crippen molar-refractivity contribution in [3.63, 3.8) is 0 Å². The third-order valence-electron chi connectivity index (χ3n) is 3.10. The first-order chi connectivity index (χ1) is 10.2. The van der Waals surface area contributed by atoms with E-state index in [1.54, 1.807) is 23.1 Å². The Hall–Kier alpha value is -1.78. The van der Waals surface area contributed by atoms with E-state index in [0.29, 0.717) is 0 Å². The van der Waals surface area contributed by atoms with Gasteiger partial charge in [0.05, 0.1) is 5.69 Å². The first-order valence-electron chi connectivity index (χ1n) is 6.70. The van der Waals surface area contributed by atoms with Crippen LogP contribution in [0, 0.1) is 6.92 Å². The standard InChI is InChI=1S/C17H16N2S2/c1-12-5-7-13(8-6-12)17-19-15(11-21-17)10-20-16-4-2-3-14(18)9-16/h2-9,11H,10,18H2,1H3. The number of thiazole rings is 1. The zero-order chi connectivity index (χ0) is 14.7. The van der Waals surface area contributed by atoms with E-state index < -0.39 is 0 Å². The number of aromatic nitrogens is 1. The molecule has 0 saturated heterocycles. The van der Waals surface area contributed by atoms with Crippen LogP contribution in [0.1, 0.15) is 11.3 Å². The maximum Gasteiger partial charge on any atom is 0.123 e. The van der Waals surface area contributed by atoms with Crippen molar-refractivity contribution in [3.05, 3.63) is 65.2 Å². The summed E-state index contributed by atoms with van der Waals surface area (Å²) < 4.78 is 0. The fourth-order valence-electron chi connectivity index (χ4n) is 1.96. The van der Waals surface area contributed by atoms with Gasteiger partial charge < -0.3 is 5.73 Å². The molecule has 0 spiro atoms. The van der Waals surface area contributed by atoms with Gasteiger partial charge in [-0.05, 0) is 25.1 Å². The van der Waals surface area contributed by atoms with Crippen molar-refractivity contribution in [3.8, 4) is 10.6 Å². The molecule has 3 rings (SSSR count). The Balaban J connectivity index is 1.69. The van der Waals surface area contributed by atoms with Gasteiger partial charge in [0.2, 0.25) is 0 Å². The van der Waals surface area contributed by atoms with Gasteiger partial charge in [-0.2, -0.15) is 0 Å². The summed E-state index contributed by atoms with van der Waals surface area (Å²) in [5.41, 5.74) is 10.2. The molecule has 21 heavy (non-hydrogen) atoms. The fraction of sp³-hybridized carbons (Fsp3) is 0.118. The SMILES string of the molecule is Cc1ccc(-c2nc(CSc3cccc(N)c3)cs2)cc1. The molecule has 0 unspecified atom stereocenters. The average molecular weight is 312 g/mol. The summed E-state index contributed by atoms with van der Waals surface area (Å²) >= 11 is 3.46. The smallest absolute Gasteiger partial charge is 0.123 e. The van der Waals surface area contributed by atoms with E-state index in [4.69, 9.17) is 10.7 Å². The van der Waals surface area contributed by atoms with Crippen molar-refractivity contribution >= 4 is 28.8 Å². The van der Waals surface area contributed by atoms with Crippen LogP contribution in [0.25, 0.3) is 10.6 Å². The van der Waals surface area contributed by atoms with Gasteiger partial charge in [0.1, 0.15) is 5.01 Å². The highest BCUT2D eigenvalue weighted by atomic mass is 32.2. The van der Waals surface area contributed by atoms with Crippen LogP contribution in [0.4, 0.5) is 5.69 Å². The summed E-state index contributed by atoms with van der Waals surface area (Å²) in [6, 6.07) is 16.5. The second-order valence-corrected chi connectivity index (χ2v) is 6.78. The number of nitrogen functional groups attached to an aromatic ring is 1. The third-order valence-corrected chi connectivity index (χ3v) is 5.06. The molecule has 4 heteroatoms. The number of aryl methyl sites for hydroxylation is 1. The number of benzene rings is 2. The molecule has 2 N–H and O–H groups in total. The Morgan fingerprint density at radius 2 is 1.95 bits per heavy atom. The van der Waals surface area contributed by atoms with Gasteiger partial charge in [-0.25, -0.2) is 4.98 Å². The van der Waals surface area contributed by atoms with Crippen molar-refractivity contribution in [2.45, 2.75) is 17.6 Å². The first-order valence-corrected chi connectivity index (χ1v) is 8.57. The molecule has 2 nitrogen and oxygen atoms in total. The molecule has 0 aliphatic carbocycles.